The fourth-order valence-electron chi connectivity index (χ4n) is 3.85. The zero-order chi connectivity index (χ0) is 18.3. The van der Waals surface area contributed by atoms with E-state index in [4.69, 9.17) is 4.74 Å². The van der Waals surface area contributed by atoms with Crippen molar-refractivity contribution in [1.82, 2.24) is 20.4 Å². The van der Waals surface area contributed by atoms with Crippen molar-refractivity contribution >= 4 is 5.96 Å². The van der Waals surface area contributed by atoms with E-state index in [-0.39, 0.29) is 5.54 Å². The quantitative estimate of drug-likeness (QED) is 0.535. The van der Waals surface area contributed by atoms with Crippen molar-refractivity contribution in [3.8, 4) is 0 Å². The van der Waals surface area contributed by atoms with Gasteiger partial charge in [0.2, 0.25) is 0 Å². The number of nitrogens with one attached hydrogen (secondary N) is 2. The molecule has 2 rings (SSSR count). The maximum absolute atomic E-state index is 5.47. The number of nitrogens with zero attached hydrogens (tertiary/aromatic N) is 3. The van der Waals surface area contributed by atoms with Gasteiger partial charge in [-0.3, -0.25) is 14.8 Å². The van der Waals surface area contributed by atoms with Gasteiger partial charge in [0, 0.05) is 51.4 Å². The molecule has 0 aromatic rings. The number of morpholine rings is 1. The van der Waals surface area contributed by atoms with Crippen molar-refractivity contribution in [3.05, 3.63) is 0 Å². The molecule has 0 aromatic carbocycles. The first-order valence-corrected chi connectivity index (χ1v) is 9.93. The summed E-state index contributed by atoms with van der Waals surface area (Å²) in [6, 6.07) is 0.633. The molecule has 25 heavy (non-hydrogen) atoms. The van der Waals surface area contributed by atoms with Gasteiger partial charge < -0.3 is 15.4 Å². The molecule has 0 radical (unpaired) electrons. The summed E-state index contributed by atoms with van der Waals surface area (Å²) in [6.07, 6.45) is 2.60. The third-order valence-corrected chi connectivity index (χ3v) is 5.38. The van der Waals surface area contributed by atoms with Crippen LogP contribution in [0, 0.1) is 5.92 Å². The highest BCUT2D eigenvalue weighted by atomic mass is 16.5. The molecule has 0 aromatic heterocycles. The predicted octanol–water partition coefficient (Wildman–Crippen LogP) is 1.38. The van der Waals surface area contributed by atoms with Gasteiger partial charge in [0.15, 0.2) is 5.96 Å². The third kappa shape index (κ3) is 6.42. The first kappa shape index (κ1) is 20.5. The van der Waals surface area contributed by atoms with Crippen LogP contribution in [0.3, 0.4) is 0 Å². The Kier molecular flexibility index (Phi) is 7.97. The van der Waals surface area contributed by atoms with Crippen LogP contribution in [0.5, 0.6) is 0 Å². The van der Waals surface area contributed by atoms with Crippen LogP contribution in [-0.2, 0) is 4.74 Å². The molecule has 6 nitrogen and oxygen atoms in total. The molecule has 2 fully saturated rings. The molecule has 0 aliphatic carbocycles. The number of ether oxygens (including phenoxy) is 1. The largest absolute Gasteiger partial charge is 0.379 e. The van der Waals surface area contributed by atoms with Gasteiger partial charge in [-0.1, -0.05) is 13.8 Å². The van der Waals surface area contributed by atoms with Gasteiger partial charge in [-0.15, -0.1) is 0 Å². The van der Waals surface area contributed by atoms with Crippen LogP contribution >= 0.6 is 0 Å². The zero-order valence-corrected chi connectivity index (χ0v) is 17.0. The Bertz CT molecular complexity index is 418. The summed E-state index contributed by atoms with van der Waals surface area (Å²) in [4.78, 5) is 9.54. The second-order valence-electron chi connectivity index (χ2n) is 8.40. The minimum absolute atomic E-state index is 0.0957. The summed E-state index contributed by atoms with van der Waals surface area (Å²) >= 11 is 0. The lowest BCUT2D eigenvalue weighted by Crippen LogP contribution is -2.57. The van der Waals surface area contributed by atoms with Crippen molar-refractivity contribution in [2.75, 3.05) is 59.5 Å². The van der Waals surface area contributed by atoms with E-state index in [9.17, 15) is 0 Å². The Morgan fingerprint density at radius 2 is 1.92 bits per heavy atom. The monoisotopic (exact) mass is 353 g/mol. The third-order valence-electron chi connectivity index (χ3n) is 5.38. The Labute approximate surface area is 154 Å². The molecule has 0 unspecified atom stereocenters. The molecule has 6 heteroatoms. The lowest BCUT2D eigenvalue weighted by molar-refractivity contribution is -0.00834. The molecule has 0 amide bonds. The summed E-state index contributed by atoms with van der Waals surface area (Å²) in [7, 11) is 1.86. The first-order chi connectivity index (χ1) is 11.9. The SMILES string of the molecule is CN=C(NC[C@H]1CCCN1CC(C)C)NCC(C)(C)N1CCOCC1. The highest BCUT2D eigenvalue weighted by Crippen LogP contribution is 2.18. The molecule has 2 heterocycles. The van der Waals surface area contributed by atoms with Crippen LogP contribution in [0.25, 0.3) is 0 Å². The standard InChI is InChI=1S/C19H39N5O/c1-16(2)14-23-8-6-7-17(23)13-21-18(20-5)22-15-19(3,4)24-9-11-25-12-10-24/h16-17H,6-15H2,1-5H3,(H2,20,21,22)/t17-/m1/s1. The fourth-order valence-corrected chi connectivity index (χ4v) is 3.85. The van der Waals surface area contributed by atoms with E-state index in [0.29, 0.717) is 6.04 Å². The van der Waals surface area contributed by atoms with Crippen molar-refractivity contribution in [3.63, 3.8) is 0 Å². The zero-order valence-electron chi connectivity index (χ0n) is 17.0. The van der Waals surface area contributed by atoms with Crippen LogP contribution in [-0.4, -0.2) is 86.9 Å². The van der Waals surface area contributed by atoms with Gasteiger partial charge in [-0.05, 0) is 39.2 Å². The van der Waals surface area contributed by atoms with E-state index >= 15 is 0 Å². The molecule has 0 bridgehead atoms. The van der Waals surface area contributed by atoms with Gasteiger partial charge in [-0.25, -0.2) is 0 Å². The number of likely N-dealkylation sites (tertiary alicyclic amines) is 1. The van der Waals surface area contributed by atoms with Gasteiger partial charge in [0.25, 0.3) is 0 Å². The van der Waals surface area contributed by atoms with Crippen LogP contribution in [0.2, 0.25) is 0 Å². The molecule has 1 atom stereocenters. The average molecular weight is 354 g/mol. The van der Waals surface area contributed by atoms with Crippen molar-refractivity contribution in [1.29, 1.82) is 0 Å². The van der Waals surface area contributed by atoms with Crippen LogP contribution in [0.15, 0.2) is 4.99 Å². The van der Waals surface area contributed by atoms with E-state index in [1.54, 1.807) is 0 Å². The summed E-state index contributed by atoms with van der Waals surface area (Å²) in [6.45, 7) is 17.2. The van der Waals surface area contributed by atoms with Gasteiger partial charge in [0.1, 0.15) is 0 Å². The number of hydrogen-bond acceptors (Lipinski definition) is 4. The van der Waals surface area contributed by atoms with Crippen LogP contribution in [0.1, 0.15) is 40.5 Å². The predicted molar refractivity (Wildman–Crippen MR) is 105 cm³/mol. The van der Waals surface area contributed by atoms with Gasteiger partial charge >= 0.3 is 0 Å². The molecular formula is C19H39N5O. The molecule has 146 valence electrons. The lowest BCUT2D eigenvalue weighted by Gasteiger charge is -2.41. The summed E-state index contributed by atoms with van der Waals surface area (Å²) < 4.78 is 5.47. The maximum atomic E-state index is 5.47. The highest BCUT2D eigenvalue weighted by Gasteiger charge is 2.29. The Hall–Kier alpha value is -0.850. The molecule has 2 aliphatic rings. The number of rotatable bonds is 7. The topological polar surface area (TPSA) is 52.1 Å². The molecular weight excluding hydrogens is 314 g/mol. The number of guanidine groups is 1. The first-order valence-electron chi connectivity index (χ1n) is 9.93. The van der Waals surface area contributed by atoms with Crippen LogP contribution in [0.4, 0.5) is 0 Å². The minimum Gasteiger partial charge on any atom is -0.379 e. The van der Waals surface area contributed by atoms with E-state index in [2.05, 4.69) is 53.1 Å². The smallest absolute Gasteiger partial charge is 0.191 e. The molecule has 0 saturated carbocycles. The maximum Gasteiger partial charge on any atom is 0.191 e. The molecule has 2 N–H and O–H groups in total. The van der Waals surface area contributed by atoms with E-state index in [1.165, 1.54) is 25.9 Å². The summed E-state index contributed by atoms with van der Waals surface area (Å²) in [5, 5.41) is 7.07. The second kappa shape index (κ2) is 9.74. The molecule has 0 spiro atoms. The Morgan fingerprint density at radius 1 is 1.20 bits per heavy atom. The Morgan fingerprint density at radius 3 is 2.56 bits per heavy atom. The minimum atomic E-state index is 0.0957. The Balaban J connectivity index is 1.76. The molecule has 2 aliphatic heterocycles. The van der Waals surface area contributed by atoms with E-state index in [0.717, 1.165) is 51.3 Å². The lowest BCUT2D eigenvalue weighted by atomic mass is 10.0. The fraction of sp³-hybridized carbons (Fsp3) is 0.947. The van der Waals surface area contributed by atoms with Crippen molar-refractivity contribution in [2.45, 2.75) is 52.1 Å². The van der Waals surface area contributed by atoms with Crippen molar-refractivity contribution < 1.29 is 4.74 Å². The van der Waals surface area contributed by atoms with E-state index < -0.39 is 0 Å². The number of aliphatic imine (C=N–C) groups is 1. The highest BCUT2D eigenvalue weighted by molar-refractivity contribution is 5.79. The van der Waals surface area contributed by atoms with E-state index in [1.807, 2.05) is 7.05 Å². The van der Waals surface area contributed by atoms with Gasteiger partial charge in [0.05, 0.1) is 13.2 Å². The average Bonchev–Trinajstić information content (AvgIpc) is 3.02. The number of hydrogen-bond donors (Lipinski definition) is 2. The normalized spacial score (nSPS) is 24.1. The molecule has 2 saturated heterocycles. The second-order valence-corrected chi connectivity index (χ2v) is 8.40. The van der Waals surface area contributed by atoms with Crippen molar-refractivity contribution in [2.24, 2.45) is 10.9 Å². The summed E-state index contributed by atoms with van der Waals surface area (Å²) in [5.41, 5.74) is 0.0957. The summed E-state index contributed by atoms with van der Waals surface area (Å²) in [5.74, 6) is 1.64. The van der Waals surface area contributed by atoms with Gasteiger partial charge in [-0.2, -0.15) is 0 Å². The van der Waals surface area contributed by atoms with Crippen LogP contribution < -0.4 is 10.6 Å².